The third kappa shape index (κ3) is 4.37. The highest BCUT2D eigenvalue weighted by Crippen LogP contribution is 2.32. The maximum Gasteiger partial charge on any atom is 0.416 e. The van der Waals surface area contributed by atoms with Gasteiger partial charge in [0.15, 0.2) is 5.82 Å². The van der Waals surface area contributed by atoms with Crippen LogP contribution in [0.3, 0.4) is 0 Å². The SMILES string of the molecule is O=c1/c(=C/c2ccc(-c3cccc(C(F)(F)F)c3)o2)sc2nc(COc3ccccc3)nn12. The highest BCUT2D eigenvalue weighted by atomic mass is 32.1. The number of ether oxygens (including phenoxy) is 1. The Kier molecular flexibility index (Phi) is 5.21. The Hall–Kier alpha value is -3.92. The van der Waals surface area contributed by atoms with Crippen molar-refractivity contribution in [3.63, 3.8) is 0 Å². The zero-order valence-electron chi connectivity index (χ0n) is 16.7. The molecule has 0 fully saturated rings. The van der Waals surface area contributed by atoms with E-state index in [1.54, 1.807) is 12.1 Å². The third-order valence-electron chi connectivity index (χ3n) is 4.71. The number of aromatic nitrogens is 3. The molecule has 0 radical (unpaired) electrons. The summed E-state index contributed by atoms with van der Waals surface area (Å²) in [6.45, 7) is 0.120. The fourth-order valence-electron chi connectivity index (χ4n) is 3.16. The van der Waals surface area contributed by atoms with Crippen molar-refractivity contribution < 1.29 is 22.3 Å². The molecule has 0 saturated heterocycles. The molecule has 6 nitrogen and oxygen atoms in total. The van der Waals surface area contributed by atoms with Crippen molar-refractivity contribution >= 4 is 22.4 Å². The van der Waals surface area contributed by atoms with Crippen molar-refractivity contribution in [3.8, 4) is 17.1 Å². The molecule has 0 aliphatic heterocycles. The van der Waals surface area contributed by atoms with Gasteiger partial charge < -0.3 is 9.15 Å². The normalized spacial score (nSPS) is 12.5. The van der Waals surface area contributed by atoms with E-state index in [2.05, 4.69) is 10.1 Å². The molecule has 33 heavy (non-hydrogen) atoms. The number of hydrogen-bond donors (Lipinski definition) is 0. The summed E-state index contributed by atoms with van der Waals surface area (Å²) in [5, 5.41) is 4.20. The molecule has 0 amide bonds. The minimum absolute atomic E-state index is 0.120. The second-order valence-corrected chi connectivity index (χ2v) is 8.03. The van der Waals surface area contributed by atoms with Crippen LogP contribution in [0.15, 0.2) is 75.9 Å². The summed E-state index contributed by atoms with van der Waals surface area (Å²) in [7, 11) is 0. The Balaban J connectivity index is 1.39. The Labute approximate surface area is 188 Å². The van der Waals surface area contributed by atoms with E-state index < -0.39 is 11.7 Å². The van der Waals surface area contributed by atoms with Gasteiger partial charge in [0.1, 0.15) is 28.4 Å². The lowest BCUT2D eigenvalue weighted by Gasteiger charge is -2.07. The topological polar surface area (TPSA) is 69.6 Å². The molecule has 0 aliphatic rings. The van der Waals surface area contributed by atoms with E-state index in [9.17, 15) is 18.0 Å². The van der Waals surface area contributed by atoms with E-state index in [0.717, 1.165) is 23.5 Å². The number of fused-ring (bicyclic) bond motifs is 1. The molecule has 0 N–H and O–H groups in total. The fraction of sp³-hybridized carbons (Fsp3) is 0.0870. The number of rotatable bonds is 5. The van der Waals surface area contributed by atoms with E-state index in [4.69, 9.17) is 9.15 Å². The second kappa shape index (κ2) is 8.21. The van der Waals surface area contributed by atoms with Gasteiger partial charge >= 0.3 is 6.18 Å². The van der Waals surface area contributed by atoms with E-state index in [1.165, 1.54) is 22.7 Å². The molecule has 0 atom stereocenters. The molecule has 5 rings (SSSR count). The molecule has 5 aromatic rings. The lowest BCUT2D eigenvalue weighted by atomic mass is 10.1. The average Bonchev–Trinajstić information content (AvgIpc) is 3.50. The Morgan fingerprint density at radius 3 is 2.64 bits per heavy atom. The molecule has 10 heteroatoms. The van der Waals surface area contributed by atoms with Crippen molar-refractivity contribution in [2.45, 2.75) is 12.8 Å². The molecule has 3 aromatic heterocycles. The van der Waals surface area contributed by atoms with Gasteiger partial charge in [0.05, 0.1) is 5.56 Å². The van der Waals surface area contributed by atoms with E-state index in [0.29, 0.717) is 26.8 Å². The maximum absolute atomic E-state index is 13.0. The van der Waals surface area contributed by atoms with Crippen LogP contribution >= 0.6 is 11.3 Å². The van der Waals surface area contributed by atoms with Gasteiger partial charge in [0.2, 0.25) is 4.96 Å². The lowest BCUT2D eigenvalue weighted by Crippen LogP contribution is -2.23. The van der Waals surface area contributed by atoms with E-state index >= 15 is 0 Å². The third-order valence-corrected chi connectivity index (χ3v) is 5.67. The number of thiazole rings is 1. The van der Waals surface area contributed by atoms with Crippen molar-refractivity contribution in [1.29, 1.82) is 0 Å². The molecule has 166 valence electrons. The van der Waals surface area contributed by atoms with Gasteiger partial charge in [-0.2, -0.15) is 22.7 Å². The maximum atomic E-state index is 13.0. The van der Waals surface area contributed by atoms with Crippen molar-refractivity contribution in [3.05, 3.63) is 98.8 Å². The Bertz CT molecular complexity index is 1540. The number of alkyl halides is 3. The molecular formula is C23H14F3N3O3S. The van der Waals surface area contributed by atoms with Gasteiger partial charge in [0, 0.05) is 11.6 Å². The number of furan rings is 1. The summed E-state index contributed by atoms with van der Waals surface area (Å²) in [6, 6.07) is 17.2. The summed E-state index contributed by atoms with van der Waals surface area (Å²) in [5.41, 5.74) is -0.843. The molecule has 0 saturated carbocycles. The predicted octanol–water partition coefficient (Wildman–Crippen LogP) is 4.56. The van der Waals surface area contributed by atoms with Gasteiger partial charge in [0.25, 0.3) is 5.56 Å². The summed E-state index contributed by atoms with van der Waals surface area (Å²) >= 11 is 1.13. The van der Waals surface area contributed by atoms with Crippen molar-refractivity contribution in [1.82, 2.24) is 14.6 Å². The first-order valence-corrected chi connectivity index (χ1v) is 10.5. The first kappa shape index (κ1) is 21.0. The number of nitrogens with zero attached hydrogens (tertiary/aromatic N) is 3. The van der Waals surface area contributed by atoms with Gasteiger partial charge in [-0.25, -0.2) is 0 Å². The van der Waals surface area contributed by atoms with Crippen LogP contribution in [-0.4, -0.2) is 14.6 Å². The zero-order chi connectivity index (χ0) is 23.0. The smallest absolute Gasteiger partial charge is 0.416 e. The number of halogens is 3. The van der Waals surface area contributed by atoms with E-state index in [-0.39, 0.29) is 23.5 Å². The van der Waals surface area contributed by atoms with Crippen LogP contribution in [0.1, 0.15) is 17.1 Å². The van der Waals surface area contributed by atoms with Crippen LogP contribution in [0.5, 0.6) is 5.75 Å². The Morgan fingerprint density at radius 2 is 1.88 bits per heavy atom. The van der Waals surface area contributed by atoms with Crippen molar-refractivity contribution in [2.75, 3.05) is 0 Å². The molecule has 0 unspecified atom stereocenters. The lowest BCUT2D eigenvalue weighted by molar-refractivity contribution is -0.137. The first-order chi connectivity index (χ1) is 15.9. The summed E-state index contributed by atoms with van der Waals surface area (Å²) in [5.74, 6) is 1.64. The van der Waals surface area contributed by atoms with Crippen LogP contribution in [-0.2, 0) is 12.8 Å². The highest BCUT2D eigenvalue weighted by molar-refractivity contribution is 7.15. The predicted molar refractivity (Wildman–Crippen MR) is 116 cm³/mol. The standard InChI is InChI=1S/C23H14F3N3O3S/c24-23(25,26)15-6-4-5-14(11-15)18-10-9-17(32-18)12-19-21(30)29-22(33-19)27-20(28-29)13-31-16-7-2-1-3-8-16/h1-12H,13H2/b19-12-. The minimum atomic E-state index is -4.45. The van der Waals surface area contributed by atoms with Crippen LogP contribution in [0.4, 0.5) is 13.2 Å². The molecule has 2 aromatic carbocycles. The molecular weight excluding hydrogens is 455 g/mol. The van der Waals surface area contributed by atoms with Crippen LogP contribution < -0.4 is 14.8 Å². The second-order valence-electron chi connectivity index (χ2n) is 7.02. The minimum Gasteiger partial charge on any atom is -0.486 e. The highest BCUT2D eigenvalue weighted by Gasteiger charge is 2.30. The summed E-state index contributed by atoms with van der Waals surface area (Å²) < 4.78 is 51.7. The van der Waals surface area contributed by atoms with Crippen LogP contribution in [0, 0.1) is 0 Å². The largest absolute Gasteiger partial charge is 0.486 e. The monoisotopic (exact) mass is 469 g/mol. The quantitative estimate of drug-likeness (QED) is 0.378. The van der Waals surface area contributed by atoms with Crippen LogP contribution in [0.2, 0.25) is 0 Å². The number of hydrogen-bond acceptors (Lipinski definition) is 6. The summed E-state index contributed by atoms with van der Waals surface area (Å²) in [4.78, 5) is 17.4. The fourth-order valence-corrected chi connectivity index (χ4v) is 4.07. The molecule has 0 spiro atoms. The molecule has 0 aliphatic carbocycles. The Morgan fingerprint density at radius 1 is 1.06 bits per heavy atom. The van der Waals surface area contributed by atoms with Gasteiger partial charge in [-0.3, -0.25) is 4.79 Å². The summed E-state index contributed by atoms with van der Waals surface area (Å²) in [6.07, 6.45) is -2.93. The van der Waals surface area contributed by atoms with Crippen LogP contribution in [0.25, 0.3) is 22.4 Å². The first-order valence-electron chi connectivity index (χ1n) is 9.72. The van der Waals surface area contributed by atoms with Crippen molar-refractivity contribution in [2.24, 2.45) is 0 Å². The average molecular weight is 469 g/mol. The van der Waals surface area contributed by atoms with Gasteiger partial charge in [-0.1, -0.05) is 41.7 Å². The molecule has 3 heterocycles. The van der Waals surface area contributed by atoms with E-state index in [1.807, 2.05) is 30.3 Å². The molecule has 0 bridgehead atoms. The number of para-hydroxylation sites is 1. The van der Waals surface area contributed by atoms with Gasteiger partial charge in [-0.15, -0.1) is 5.10 Å². The zero-order valence-corrected chi connectivity index (χ0v) is 17.6. The van der Waals surface area contributed by atoms with Gasteiger partial charge in [-0.05, 0) is 36.4 Å². The number of benzene rings is 2.